The first kappa shape index (κ1) is 16.7. The molecule has 0 spiro atoms. The highest BCUT2D eigenvalue weighted by molar-refractivity contribution is 6.14. The third-order valence-corrected chi connectivity index (χ3v) is 5.86. The first-order valence-corrected chi connectivity index (χ1v) is 9.72. The van der Waals surface area contributed by atoms with Crippen LogP contribution in [0.15, 0.2) is 35.6 Å². The van der Waals surface area contributed by atoms with Crippen LogP contribution in [0.4, 0.5) is 5.82 Å². The van der Waals surface area contributed by atoms with Crippen molar-refractivity contribution in [1.82, 2.24) is 9.97 Å². The van der Waals surface area contributed by atoms with Crippen LogP contribution in [-0.2, 0) is 6.54 Å². The van der Waals surface area contributed by atoms with Gasteiger partial charge in [0.15, 0.2) is 0 Å². The van der Waals surface area contributed by atoms with E-state index in [9.17, 15) is 0 Å². The van der Waals surface area contributed by atoms with Crippen LogP contribution in [0.1, 0.15) is 49.9 Å². The van der Waals surface area contributed by atoms with Crippen molar-refractivity contribution >= 4 is 11.5 Å². The number of hydrogen-bond acceptors (Lipinski definition) is 6. The highest BCUT2D eigenvalue weighted by atomic mass is 16.5. The van der Waals surface area contributed by atoms with E-state index in [4.69, 9.17) is 15.5 Å². The van der Waals surface area contributed by atoms with E-state index in [1.165, 1.54) is 5.56 Å². The van der Waals surface area contributed by atoms with Gasteiger partial charge < -0.3 is 15.4 Å². The Morgan fingerprint density at radius 3 is 2.81 bits per heavy atom. The van der Waals surface area contributed by atoms with E-state index in [2.05, 4.69) is 46.9 Å². The Hall–Kier alpha value is -2.47. The molecule has 6 heteroatoms. The average Bonchev–Trinajstić information content (AvgIpc) is 3.08. The van der Waals surface area contributed by atoms with Gasteiger partial charge in [-0.25, -0.2) is 9.97 Å². The summed E-state index contributed by atoms with van der Waals surface area (Å²) in [5, 5.41) is 0. The third-order valence-electron chi connectivity index (χ3n) is 5.86. The van der Waals surface area contributed by atoms with Crippen molar-refractivity contribution < 1.29 is 4.74 Å². The minimum absolute atomic E-state index is 0.0108. The summed E-state index contributed by atoms with van der Waals surface area (Å²) in [5.41, 5.74) is 10.3. The molecule has 2 aliphatic heterocycles. The summed E-state index contributed by atoms with van der Waals surface area (Å²) in [4.78, 5) is 16.0. The molecular weight excluding hydrogens is 338 g/mol. The highest BCUT2D eigenvalue weighted by Crippen LogP contribution is 2.40. The maximum Gasteiger partial charge on any atom is 0.132 e. The van der Waals surface area contributed by atoms with Gasteiger partial charge in [-0.3, -0.25) is 4.99 Å². The minimum atomic E-state index is 0.0108. The van der Waals surface area contributed by atoms with Gasteiger partial charge in [-0.05, 0) is 50.8 Å². The summed E-state index contributed by atoms with van der Waals surface area (Å²) in [7, 11) is 0. The van der Waals surface area contributed by atoms with Gasteiger partial charge in [0, 0.05) is 30.3 Å². The molecule has 2 N–H and O–H groups in total. The number of fused-ring (bicyclic) bond motifs is 1. The smallest absolute Gasteiger partial charge is 0.132 e. The summed E-state index contributed by atoms with van der Waals surface area (Å²) < 4.78 is 6.14. The van der Waals surface area contributed by atoms with E-state index < -0.39 is 0 Å². The largest absolute Gasteiger partial charge is 0.488 e. The van der Waals surface area contributed by atoms with Crippen molar-refractivity contribution in [2.24, 2.45) is 10.7 Å². The van der Waals surface area contributed by atoms with Crippen LogP contribution < -0.4 is 15.4 Å². The Morgan fingerprint density at radius 2 is 2.07 bits per heavy atom. The second kappa shape index (κ2) is 6.02. The lowest BCUT2D eigenvalue weighted by Gasteiger charge is -2.22. The maximum atomic E-state index is 6.14. The molecule has 2 atom stereocenters. The monoisotopic (exact) mass is 363 g/mol. The second-order valence-electron chi connectivity index (χ2n) is 8.29. The molecule has 1 aromatic carbocycles. The first-order valence-electron chi connectivity index (χ1n) is 9.72. The van der Waals surface area contributed by atoms with Gasteiger partial charge in [0.2, 0.25) is 0 Å². The normalized spacial score (nSPS) is 25.3. The Bertz CT molecular complexity index is 921. The second-order valence-corrected chi connectivity index (χ2v) is 8.29. The molecule has 6 nitrogen and oxygen atoms in total. The van der Waals surface area contributed by atoms with Gasteiger partial charge in [0.25, 0.3) is 0 Å². The fraction of sp³-hybridized carbons (Fsp3) is 0.476. The molecule has 3 heterocycles. The van der Waals surface area contributed by atoms with Gasteiger partial charge in [-0.2, -0.15) is 0 Å². The fourth-order valence-corrected chi connectivity index (χ4v) is 4.03. The molecule has 0 unspecified atom stereocenters. The van der Waals surface area contributed by atoms with Crippen LogP contribution in [0.2, 0.25) is 0 Å². The molecule has 2 fully saturated rings. The predicted molar refractivity (Wildman–Crippen MR) is 105 cm³/mol. The number of benzene rings is 1. The molecule has 1 saturated heterocycles. The Labute approximate surface area is 159 Å². The van der Waals surface area contributed by atoms with Crippen molar-refractivity contribution in [3.63, 3.8) is 0 Å². The van der Waals surface area contributed by atoms with E-state index in [0.717, 1.165) is 54.3 Å². The highest BCUT2D eigenvalue weighted by Gasteiger charge is 2.40. The molecule has 1 aliphatic carbocycles. The summed E-state index contributed by atoms with van der Waals surface area (Å²) in [5.74, 6) is 1.84. The summed E-state index contributed by atoms with van der Waals surface area (Å²) >= 11 is 0. The average molecular weight is 363 g/mol. The molecule has 0 radical (unpaired) electrons. The van der Waals surface area contributed by atoms with Gasteiger partial charge in [0.1, 0.15) is 23.5 Å². The number of aromatic nitrogens is 2. The quantitative estimate of drug-likeness (QED) is 0.904. The lowest BCUT2D eigenvalue weighted by atomic mass is 10.0. The van der Waals surface area contributed by atoms with E-state index in [-0.39, 0.29) is 11.6 Å². The zero-order valence-electron chi connectivity index (χ0n) is 15.9. The van der Waals surface area contributed by atoms with Crippen LogP contribution in [0.25, 0.3) is 0 Å². The van der Waals surface area contributed by atoms with E-state index in [0.29, 0.717) is 12.6 Å². The number of anilines is 1. The van der Waals surface area contributed by atoms with Crippen molar-refractivity contribution in [3.8, 4) is 5.75 Å². The van der Waals surface area contributed by atoms with Crippen LogP contribution in [0.5, 0.6) is 5.75 Å². The summed E-state index contributed by atoms with van der Waals surface area (Å²) in [6, 6.07) is 8.92. The lowest BCUT2D eigenvalue weighted by molar-refractivity contribution is 0.200. The zero-order valence-corrected chi connectivity index (χ0v) is 15.9. The van der Waals surface area contributed by atoms with Crippen molar-refractivity contribution in [3.05, 3.63) is 47.4 Å². The van der Waals surface area contributed by atoms with Gasteiger partial charge in [0.05, 0.1) is 18.0 Å². The minimum Gasteiger partial charge on any atom is -0.488 e. The van der Waals surface area contributed by atoms with E-state index in [1.54, 1.807) is 6.33 Å². The predicted octanol–water partition coefficient (Wildman–Crippen LogP) is 2.68. The molecule has 1 aromatic heterocycles. The van der Waals surface area contributed by atoms with Gasteiger partial charge >= 0.3 is 0 Å². The maximum absolute atomic E-state index is 6.14. The Morgan fingerprint density at radius 1 is 1.22 bits per heavy atom. The van der Waals surface area contributed by atoms with Crippen molar-refractivity contribution in [2.75, 3.05) is 11.4 Å². The zero-order chi connectivity index (χ0) is 18.6. The van der Waals surface area contributed by atoms with Crippen LogP contribution in [0, 0.1) is 0 Å². The number of nitrogens with zero attached hydrogens (tertiary/aromatic N) is 4. The SMILES string of the molecule is C[C@H]1C[C@@H](N)CN1c1cc(C2=NCc3ccc(OC4(C)CC4)cc32)ncn1. The summed E-state index contributed by atoms with van der Waals surface area (Å²) in [6.07, 6.45) is 4.86. The van der Waals surface area contributed by atoms with Crippen LogP contribution in [-0.4, -0.2) is 39.9 Å². The number of nitrogens with two attached hydrogens (primary N) is 1. The lowest BCUT2D eigenvalue weighted by Crippen LogP contribution is -2.30. The Balaban J connectivity index is 1.45. The Kier molecular flexibility index (Phi) is 3.72. The van der Waals surface area contributed by atoms with Crippen LogP contribution >= 0.6 is 0 Å². The molecule has 140 valence electrons. The topological polar surface area (TPSA) is 76.6 Å². The summed E-state index contributed by atoms with van der Waals surface area (Å²) in [6.45, 7) is 5.87. The number of ether oxygens (including phenoxy) is 1. The number of rotatable bonds is 4. The first-order chi connectivity index (χ1) is 13.0. The molecule has 5 rings (SSSR count). The molecule has 2 aromatic rings. The van der Waals surface area contributed by atoms with E-state index in [1.807, 2.05) is 6.07 Å². The third kappa shape index (κ3) is 3.08. The number of aliphatic imine (C=N–C) groups is 1. The molecule has 0 bridgehead atoms. The molecule has 3 aliphatic rings. The molecule has 27 heavy (non-hydrogen) atoms. The molecular formula is C21H25N5O. The molecule has 1 saturated carbocycles. The van der Waals surface area contributed by atoms with Crippen LogP contribution in [0.3, 0.4) is 0 Å². The van der Waals surface area contributed by atoms with Crippen molar-refractivity contribution in [2.45, 2.75) is 57.3 Å². The van der Waals surface area contributed by atoms with Gasteiger partial charge in [-0.15, -0.1) is 0 Å². The standard InChI is InChI=1S/C21H25N5O/c1-13-7-15(22)11-26(13)19-9-18(24-12-25-19)20-17-8-16(27-21(2)5-6-21)4-3-14(17)10-23-20/h3-4,8-9,12-13,15H,5-7,10-11,22H2,1-2H3/t13-,15+/m0/s1. The number of hydrogen-bond donors (Lipinski definition) is 1. The van der Waals surface area contributed by atoms with Crippen molar-refractivity contribution in [1.29, 1.82) is 0 Å². The van der Waals surface area contributed by atoms with Gasteiger partial charge in [-0.1, -0.05) is 6.07 Å². The van der Waals surface area contributed by atoms with E-state index >= 15 is 0 Å². The molecule has 0 amide bonds. The fourth-order valence-electron chi connectivity index (χ4n) is 4.03.